The lowest BCUT2D eigenvalue weighted by Gasteiger charge is -2.37. The zero-order valence-electron chi connectivity index (χ0n) is 24.3. The smallest absolute Gasteiger partial charge is 0.339 e. The molecule has 0 saturated carbocycles. The van der Waals surface area contributed by atoms with E-state index < -0.39 is 11.5 Å². The zero-order chi connectivity index (χ0) is 30.7. The number of aromatic nitrogens is 2. The standard InChI is InChI=1S/C38H30N2O4/c1-26(41)28-21-18-27(19-22-28)20-24-33-35-34(25-23-32(37(42)43)36(35)44-2)40(39-33)38(29-12-6-3-7-13-29,30-14-8-4-9-15-30)31-16-10-5-11-17-31/h3-25H,1-2H3,(H,42,43)/b24-20+. The Hall–Kier alpha value is -5.75. The van der Waals surface area contributed by atoms with Gasteiger partial charge in [-0.1, -0.05) is 121 Å². The monoisotopic (exact) mass is 578 g/mol. The third-order valence-corrected chi connectivity index (χ3v) is 7.91. The molecule has 0 bridgehead atoms. The molecule has 0 fully saturated rings. The number of methoxy groups -OCH3 is 1. The maximum atomic E-state index is 12.3. The average molecular weight is 579 g/mol. The minimum absolute atomic E-state index is 0.00437. The van der Waals surface area contributed by atoms with Gasteiger partial charge in [-0.05, 0) is 47.4 Å². The van der Waals surface area contributed by atoms with Gasteiger partial charge in [-0.25, -0.2) is 9.48 Å². The summed E-state index contributed by atoms with van der Waals surface area (Å²) >= 11 is 0. The first-order valence-corrected chi connectivity index (χ1v) is 14.2. The van der Waals surface area contributed by atoms with Gasteiger partial charge >= 0.3 is 5.97 Å². The van der Waals surface area contributed by atoms with Crippen molar-refractivity contribution in [3.8, 4) is 5.75 Å². The van der Waals surface area contributed by atoms with Gasteiger partial charge in [0.05, 0.1) is 23.7 Å². The van der Waals surface area contributed by atoms with Crippen LogP contribution in [0, 0.1) is 0 Å². The summed E-state index contributed by atoms with van der Waals surface area (Å²) < 4.78 is 7.77. The SMILES string of the molecule is COc1c(C(=O)O)ccc2c1c(/C=C/c1ccc(C(C)=O)cc1)nn2C(c1ccccc1)(c1ccccc1)c1ccccc1. The molecule has 0 amide bonds. The molecule has 0 aliphatic carbocycles. The van der Waals surface area contributed by atoms with Crippen molar-refractivity contribution in [1.82, 2.24) is 9.78 Å². The Morgan fingerprint density at radius 3 is 1.70 bits per heavy atom. The quantitative estimate of drug-likeness (QED) is 0.139. The lowest BCUT2D eigenvalue weighted by molar-refractivity contribution is 0.0693. The van der Waals surface area contributed by atoms with Crippen LogP contribution in [0.3, 0.4) is 0 Å². The van der Waals surface area contributed by atoms with Crippen LogP contribution < -0.4 is 4.74 Å². The Labute approximate surface area is 255 Å². The summed E-state index contributed by atoms with van der Waals surface area (Å²) in [7, 11) is 1.48. The van der Waals surface area contributed by atoms with Crippen LogP contribution in [0.25, 0.3) is 23.1 Å². The highest BCUT2D eigenvalue weighted by Gasteiger charge is 2.41. The van der Waals surface area contributed by atoms with Crippen molar-refractivity contribution in [2.45, 2.75) is 12.5 Å². The molecule has 0 radical (unpaired) electrons. The van der Waals surface area contributed by atoms with Crippen LogP contribution in [-0.2, 0) is 5.54 Å². The van der Waals surface area contributed by atoms with Gasteiger partial charge in [-0.3, -0.25) is 4.79 Å². The number of rotatable bonds is 9. The highest BCUT2D eigenvalue weighted by atomic mass is 16.5. The minimum Gasteiger partial charge on any atom is -0.495 e. The molecule has 6 rings (SSSR count). The maximum absolute atomic E-state index is 12.3. The first kappa shape index (κ1) is 28.4. The predicted molar refractivity (Wildman–Crippen MR) is 173 cm³/mol. The van der Waals surface area contributed by atoms with Crippen LogP contribution in [0.2, 0.25) is 0 Å². The fraction of sp³-hybridized carbons (Fsp3) is 0.0789. The average Bonchev–Trinajstić information content (AvgIpc) is 3.44. The van der Waals surface area contributed by atoms with E-state index in [1.54, 1.807) is 24.3 Å². The van der Waals surface area contributed by atoms with Gasteiger partial charge in [-0.15, -0.1) is 0 Å². The molecule has 1 aromatic heterocycles. The molecule has 6 heteroatoms. The Bertz CT molecular complexity index is 1880. The minimum atomic E-state index is -1.09. The summed E-state index contributed by atoms with van der Waals surface area (Å²) in [5.74, 6) is -0.863. The van der Waals surface area contributed by atoms with E-state index >= 15 is 0 Å². The number of carbonyl (C=O) groups is 2. The second kappa shape index (κ2) is 11.9. The fourth-order valence-electron chi connectivity index (χ4n) is 5.87. The van der Waals surface area contributed by atoms with Crippen LogP contribution in [0.5, 0.6) is 5.75 Å². The largest absolute Gasteiger partial charge is 0.495 e. The molecular weight excluding hydrogens is 548 g/mol. The molecule has 0 saturated heterocycles. The first-order chi connectivity index (χ1) is 21.4. The number of carboxylic acid groups (broad SMARTS) is 1. The summed E-state index contributed by atoms with van der Waals surface area (Å²) in [6.45, 7) is 1.54. The number of ketones is 1. The fourth-order valence-corrected chi connectivity index (χ4v) is 5.87. The number of hydrogen-bond donors (Lipinski definition) is 1. The zero-order valence-corrected chi connectivity index (χ0v) is 24.3. The number of carbonyl (C=O) groups excluding carboxylic acids is 1. The van der Waals surface area contributed by atoms with Gasteiger partial charge in [0.1, 0.15) is 16.9 Å². The molecule has 216 valence electrons. The molecule has 0 spiro atoms. The van der Waals surface area contributed by atoms with Crippen molar-refractivity contribution in [2.75, 3.05) is 7.11 Å². The molecule has 0 atom stereocenters. The Kier molecular flexibility index (Phi) is 7.65. The lowest BCUT2D eigenvalue weighted by Crippen LogP contribution is -2.38. The number of aromatic carboxylic acids is 1. The van der Waals surface area contributed by atoms with E-state index in [1.807, 2.05) is 83.6 Å². The van der Waals surface area contributed by atoms with E-state index in [-0.39, 0.29) is 17.1 Å². The van der Waals surface area contributed by atoms with Gasteiger partial charge in [0, 0.05) is 5.56 Å². The van der Waals surface area contributed by atoms with E-state index in [2.05, 4.69) is 36.4 Å². The summed E-state index contributed by atoms with van der Waals surface area (Å²) in [5, 5.41) is 15.9. The van der Waals surface area contributed by atoms with Crippen molar-refractivity contribution in [3.05, 3.63) is 166 Å². The molecule has 0 unspecified atom stereocenters. The van der Waals surface area contributed by atoms with Gasteiger partial charge in [0.25, 0.3) is 0 Å². The van der Waals surface area contributed by atoms with E-state index in [9.17, 15) is 14.7 Å². The van der Waals surface area contributed by atoms with Gasteiger partial charge in [-0.2, -0.15) is 5.10 Å². The number of carboxylic acids is 1. The maximum Gasteiger partial charge on any atom is 0.339 e. The van der Waals surface area contributed by atoms with Gasteiger partial charge in [0.15, 0.2) is 5.78 Å². The van der Waals surface area contributed by atoms with Crippen LogP contribution in [0.1, 0.15) is 55.6 Å². The van der Waals surface area contributed by atoms with Crippen molar-refractivity contribution in [2.24, 2.45) is 0 Å². The number of ether oxygens (including phenoxy) is 1. The normalized spacial score (nSPS) is 11.6. The summed E-state index contributed by atoms with van der Waals surface area (Å²) in [6, 6.07) is 41.2. The third kappa shape index (κ3) is 4.86. The van der Waals surface area contributed by atoms with E-state index in [1.165, 1.54) is 14.0 Å². The van der Waals surface area contributed by atoms with Crippen LogP contribution in [0.15, 0.2) is 127 Å². The van der Waals surface area contributed by atoms with Crippen LogP contribution in [0.4, 0.5) is 0 Å². The van der Waals surface area contributed by atoms with Crippen LogP contribution >= 0.6 is 0 Å². The van der Waals surface area contributed by atoms with E-state index in [0.717, 1.165) is 22.3 Å². The predicted octanol–water partition coefficient (Wildman–Crippen LogP) is 7.96. The molecule has 6 nitrogen and oxygen atoms in total. The van der Waals surface area contributed by atoms with Crippen molar-refractivity contribution < 1.29 is 19.4 Å². The molecule has 6 aromatic rings. The van der Waals surface area contributed by atoms with Gasteiger partial charge < -0.3 is 9.84 Å². The highest BCUT2D eigenvalue weighted by molar-refractivity contribution is 6.03. The molecule has 1 heterocycles. The number of Topliss-reactive ketones (excluding diaryl/α,β-unsaturated/α-hetero) is 1. The molecular formula is C38H30N2O4. The van der Waals surface area contributed by atoms with Crippen molar-refractivity contribution >= 4 is 34.8 Å². The topological polar surface area (TPSA) is 81.4 Å². The van der Waals surface area contributed by atoms with Crippen molar-refractivity contribution in [1.29, 1.82) is 0 Å². The van der Waals surface area contributed by atoms with Crippen LogP contribution in [-0.4, -0.2) is 33.7 Å². The second-order valence-electron chi connectivity index (χ2n) is 10.5. The molecule has 1 N–H and O–H groups in total. The van der Waals surface area contributed by atoms with Crippen molar-refractivity contribution in [3.63, 3.8) is 0 Å². The Morgan fingerprint density at radius 1 is 0.727 bits per heavy atom. The molecule has 5 aromatic carbocycles. The first-order valence-electron chi connectivity index (χ1n) is 14.2. The highest BCUT2D eigenvalue weighted by Crippen LogP contribution is 2.44. The second-order valence-corrected chi connectivity index (χ2v) is 10.5. The molecule has 0 aliphatic rings. The lowest BCUT2D eigenvalue weighted by atomic mass is 9.77. The van der Waals surface area contributed by atoms with E-state index in [4.69, 9.17) is 9.84 Å². The molecule has 44 heavy (non-hydrogen) atoms. The summed E-state index contributed by atoms with van der Waals surface area (Å²) in [5.41, 5.74) is 4.82. The number of benzene rings is 5. The Morgan fingerprint density at radius 2 is 1.25 bits per heavy atom. The summed E-state index contributed by atoms with van der Waals surface area (Å²) in [4.78, 5) is 24.1. The third-order valence-electron chi connectivity index (χ3n) is 7.91. The number of hydrogen-bond acceptors (Lipinski definition) is 4. The Balaban J connectivity index is 1.71. The number of nitrogens with zero attached hydrogens (tertiary/aromatic N) is 2. The molecule has 0 aliphatic heterocycles. The van der Waals surface area contributed by atoms with Gasteiger partial charge in [0.2, 0.25) is 0 Å². The summed E-state index contributed by atoms with van der Waals surface area (Å²) in [6.07, 6.45) is 3.76. The number of fused-ring (bicyclic) bond motifs is 1. The van der Waals surface area contributed by atoms with E-state index in [0.29, 0.717) is 22.2 Å².